The molecule has 0 radical (unpaired) electrons. The summed E-state index contributed by atoms with van der Waals surface area (Å²) in [5, 5.41) is 4.06. The molecule has 27 heavy (non-hydrogen) atoms. The molecule has 0 bridgehead atoms. The molecule has 2 aromatic carbocycles. The Bertz CT molecular complexity index is 929. The quantitative estimate of drug-likeness (QED) is 0.577. The zero-order valence-electron chi connectivity index (χ0n) is 14.4. The number of carbonyl (C=O) groups excluding carboxylic acids is 1. The number of nitrogens with zero attached hydrogens (tertiary/aromatic N) is 1. The van der Waals surface area contributed by atoms with Crippen LogP contribution in [0.25, 0.3) is 0 Å². The van der Waals surface area contributed by atoms with Gasteiger partial charge in [-0.1, -0.05) is 35.3 Å². The zero-order chi connectivity index (χ0) is 19.2. The minimum absolute atomic E-state index is 0.147. The van der Waals surface area contributed by atoms with Gasteiger partial charge in [-0.05, 0) is 29.8 Å². The number of hydrogen-bond donors (Lipinski definition) is 1. The maximum Gasteiger partial charge on any atom is 0.264 e. The highest BCUT2D eigenvalue weighted by Gasteiger charge is 2.09. The predicted octanol–water partition coefficient (Wildman–Crippen LogP) is 5.07. The summed E-state index contributed by atoms with van der Waals surface area (Å²) in [5.74, 6) is 0.989. The Hall–Kier alpha value is -2.28. The molecule has 3 rings (SSSR count). The third kappa shape index (κ3) is 5.60. The summed E-state index contributed by atoms with van der Waals surface area (Å²) in [4.78, 5) is 17.3. The van der Waals surface area contributed by atoms with Gasteiger partial charge in [-0.15, -0.1) is 11.3 Å². The molecule has 0 spiro atoms. The molecule has 5 nitrogen and oxygen atoms in total. The first-order chi connectivity index (χ1) is 13.0. The number of hydrogen-bond acceptors (Lipinski definition) is 5. The Balaban J connectivity index is 1.51. The van der Waals surface area contributed by atoms with Gasteiger partial charge in [0.15, 0.2) is 11.7 Å². The third-order valence-corrected chi connectivity index (χ3v) is 5.25. The van der Waals surface area contributed by atoms with Crippen molar-refractivity contribution in [2.24, 2.45) is 0 Å². The van der Waals surface area contributed by atoms with Gasteiger partial charge < -0.3 is 9.47 Å². The molecule has 1 amide bonds. The van der Waals surface area contributed by atoms with E-state index in [1.807, 2.05) is 24.3 Å². The van der Waals surface area contributed by atoms with Crippen LogP contribution >= 0.6 is 34.5 Å². The molecule has 0 fully saturated rings. The Morgan fingerprint density at radius 2 is 1.85 bits per heavy atom. The van der Waals surface area contributed by atoms with E-state index in [9.17, 15) is 4.79 Å². The van der Waals surface area contributed by atoms with E-state index < -0.39 is 0 Å². The molecule has 0 aliphatic heterocycles. The molecule has 3 aromatic rings. The number of thiazole rings is 1. The van der Waals surface area contributed by atoms with E-state index in [0.29, 0.717) is 20.9 Å². The van der Waals surface area contributed by atoms with Crippen molar-refractivity contribution in [3.05, 3.63) is 69.1 Å². The molecule has 8 heteroatoms. The molecule has 0 aliphatic rings. The number of nitrogens with one attached hydrogen (secondary N) is 1. The number of benzene rings is 2. The van der Waals surface area contributed by atoms with Crippen molar-refractivity contribution in [3.63, 3.8) is 0 Å². The molecule has 140 valence electrons. The van der Waals surface area contributed by atoms with Crippen molar-refractivity contribution in [3.8, 4) is 11.5 Å². The molecule has 1 N–H and O–H groups in total. The molecular formula is C19H16Cl2N2O3S. The topological polar surface area (TPSA) is 60.5 Å². The summed E-state index contributed by atoms with van der Waals surface area (Å²) in [6.07, 6.45) is 2.49. The fourth-order valence-corrected chi connectivity index (χ4v) is 3.41. The molecule has 0 aliphatic carbocycles. The number of methoxy groups -OCH3 is 1. The largest absolute Gasteiger partial charge is 0.497 e. The summed E-state index contributed by atoms with van der Waals surface area (Å²) < 4.78 is 10.6. The normalized spacial score (nSPS) is 10.5. The number of carbonyl (C=O) groups is 1. The average Bonchev–Trinajstić information content (AvgIpc) is 3.10. The van der Waals surface area contributed by atoms with E-state index >= 15 is 0 Å². The van der Waals surface area contributed by atoms with E-state index in [1.165, 1.54) is 11.3 Å². The molecule has 0 unspecified atom stereocenters. The maximum absolute atomic E-state index is 12.0. The minimum Gasteiger partial charge on any atom is -0.497 e. The van der Waals surface area contributed by atoms with E-state index in [2.05, 4.69) is 10.3 Å². The van der Waals surface area contributed by atoms with Gasteiger partial charge in [-0.3, -0.25) is 10.1 Å². The SMILES string of the molecule is COc1ccc(Cc2cnc(NC(=O)COc3ccc(Cl)c(Cl)c3)s2)cc1. The van der Waals surface area contributed by atoms with E-state index in [-0.39, 0.29) is 12.5 Å². The van der Waals surface area contributed by atoms with Gasteiger partial charge in [0.05, 0.1) is 17.2 Å². The van der Waals surface area contributed by atoms with Gasteiger partial charge in [0, 0.05) is 23.6 Å². The lowest BCUT2D eigenvalue weighted by atomic mass is 10.1. The number of anilines is 1. The van der Waals surface area contributed by atoms with Crippen LogP contribution in [0.1, 0.15) is 10.4 Å². The molecule has 1 heterocycles. The van der Waals surface area contributed by atoms with Crippen LogP contribution in [0.3, 0.4) is 0 Å². The van der Waals surface area contributed by atoms with Gasteiger partial charge >= 0.3 is 0 Å². The first-order valence-corrected chi connectivity index (χ1v) is 9.56. The summed E-state index contributed by atoms with van der Waals surface area (Å²) in [6, 6.07) is 12.7. The van der Waals surface area contributed by atoms with Crippen LogP contribution in [-0.4, -0.2) is 24.6 Å². The van der Waals surface area contributed by atoms with Crippen LogP contribution in [0.2, 0.25) is 10.0 Å². The number of amides is 1. The molecule has 0 atom stereocenters. The summed E-state index contributed by atoms with van der Waals surface area (Å²) in [5.41, 5.74) is 1.14. The summed E-state index contributed by atoms with van der Waals surface area (Å²) >= 11 is 13.2. The lowest BCUT2D eigenvalue weighted by molar-refractivity contribution is -0.118. The monoisotopic (exact) mass is 422 g/mol. The van der Waals surface area contributed by atoms with Gasteiger partial charge in [0.1, 0.15) is 11.5 Å². The lowest BCUT2D eigenvalue weighted by Gasteiger charge is -2.06. The second kappa shape index (κ2) is 9.08. The van der Waals surface area contributed by atoms with Crippen molar-refractivity contribution >= 4 is 45.6 Å². The van der Waals surface area contributed by atoms with E-state index in [4.69, 9.17) is 32.7 Å². The van der Waals surface area contributed by atoms with Crippen LogP contribution in [0.4, 0.5) is 5.13 Å². The van der Waals surface area contributed by atoms with Crippen LogP contribution in [0.5, 0.6) is 11.5 Å². The van der Waals surface area contributed by atoms with Gasteiger partial charge in [0.25, 0.3) is 5.91 Å². The van der Waals surface area contributed by atoms with Crippen LogP contribution in [-0.2, 0) is 11.2 Å². The first kappa shape index (κ1) is 19.5. The Kier molecular flexibility index (Phi) is 6.55. The number of halogens is 2. The number of aromatic nitrogens is 1. The third-order valence-electron chi connectivity index (χ3n) is 3.60. The fraction of sp³-hybridized carbons (Fsp3) is 0.158. The van der Waals surface area contributed by atoms with Crippen molar-refractivity contribution in [1.29, 1.82) is 0 Å². The standard InChI is InChI=1S/C19H16Cl2N2O3S/c1-25-13-4-2-12(3-5-13)8-15-10-22-19(27-15)23-18(24)11-26-14-6-7-16(20)17(21)9-14/h2-7,9-10H,8,11H2,1H3,(H,22,23,24). The first-order valence-electron chi connectivity index (χ1n) is 7.99. The zero-order valence-corrected chi connectivity index (χ0v) is 16.7. The minimum atomic E-state index is -0.300. The second-order valence-electron chi connectivity index (χ2n) is 5.57. The highest BCUT2D eigenvalue weighted by atomic mass is 35.5. The highest BCUT2D eigenvalue weighted by molar-refractivity contribution is 7.15. The van der Waals surface area contributed by atoms with Crippen molar-refractivity contribution in [2.75, 3.05) is 19.0 Å². The highest BCUT2D eigenvalue weighted by Crippen LogP contribution is 2.26. The fourth-order valence-electron chi connectivity index (χ4n) is 2.26. The summed E-state index contributed by atoms with van der Waals surface area (Å²) in [7, 11) is 1.64. The van der Waals surface area contributed by atoms with Crippen LogP contribution < -0.4 is 14.8 Å². The predicted molar refractivity (Wildman–Crippen MR) is 109 cm³/mol. The van der Waals surface area contributed by atoms with Gasteiger partial charge in [0.2, 0.25) is 0 Å². The van der Waals surface area contributed by atoms with Crippen molar-refractivity contribution in [2.45, 2.75) is 6.42 Å². The van der Waals surface area contributed by atoms with Crippen molar-refractivity contribution in [1.82, 2.24) is 4.98 Å². The average molecular weight is 423 g/mol. The Morgan fingerprint density at radius 1 is 1.11 bits per heavy atom. The maximum atomic E-state index is 12.0. The van der Waals surface area contributed by atoms with Crippen LogP contribution in [0.15, 0.2) is 48.7 Å². The Labute approximate surface area is 170 Å². The van der Waals surface area contributed by atoms with Gasteiger partial charge in [-0.25, -0.2) is 4.98 Å². The van der Waals surface area contributed by atoms with E-state index in [0.717, 1.165) is 22.6 Å². The smallest absolute Gasteiger partial charge is 0.264 e. The second-order valence-corrected chi connectivity index (χ2v) is 7.50. The molecule has 0 saturated carbocycles. The number of rotatable bonds is 7. The van der Waals surface area contributed by atoms with Crippen molar-refractivity contribution < 1.29 is 14.3 Å². The van der Waals surface area contributed by atoms with Gasteiger partial charge in [-0.2, -0.15) is 0 Å². The number of ether oxygens (including phenoxy) is 2. The molecule has 1 aromatic heterocycles. The van der Waals surface area contributed by atoms with Crippen LogP contribution in [0, 0.1) is 0 Å². The lowest BCUT2D eigenvalue weighted by Crippen LogP contribution is -2.19. The van der Waals surface area contributed by atoms with E-state index in [1.54, 1.807) is 31.5 Å². The molecular weight excluding hydrogens is 407 g/mol. The molecule has 0 saturated heterocycles. The Morgan fingerprint density at radius 3 is 2.56 bits per heavy atom. The summed E-state index contributed by atoms with van der Waals surface area (Å²) in [6.45, 7) is -0.147.